The van der Waals surface area contributed by atoms with Crippen molar-refractivity contribution in [2.24, 2.45) is 0 Å². The molecule has 1 heterocycles. The lowest BCUT2D eigenvalue weighted by Gasteiger charge is -2.20. The van der Waals surface area contributed by atoms with Crippen LogP contribution in [0.1, 0.15) is 12.5 Å². The van der Waals surface area contributed by atoms with Gasteiger partial charge in [-0.2, -0.15) is 0 Å². The highest BCUT2D eigenvalue weighted by Crippen LogP contribution is 2.03. The van der Waals surface area contributed by atoms with Crippen molar-refractivity contribution >= 4 is 9.84 Å². The molecule has 0 radical (unpaired) electrons. The van der Waals surface area contributed by atoms with E-state index in [2.05, 4.69) is 4.98 Å². The molecular weight excluding hydrogens is 252 g/mol. The standard InChI is InChI=1S/C12H20N2O3S/c1-2-18(16,17)9-7-14(6-8-15)11-12-4-3-5-13-10-12/h3-5,10,15H,2,6-9,11H2,1H3. The van der Waals surface area contributed by atoms with Crippen molar-refractivity contribution < 1.29 is 13.5 Å². The van der Waals surface area contributed by atoms with Crippen LogP contribution < -0.4 is 0 Å². The molecule has 102 valence electrons. The highest BCUT2D eigenvalue weighted by atomic mass is 32.2. The summed E-state index contributed by atoms with van der Waals surface area (Å²) in [5, 5.41) is 8.99. The maximum atomic E-state index is 11.5. The molecule has 0 fully saturated rings. The van der Waals surface area contributed by atoms with Gasteiger partial charge in [-0.3, -0.25) is 9.88 Å². The van der Waals surface area contributed by atoms with Crippen LogP contribution in [0.5, 0.6) is 0 Å². The number of aromatic nitrogens is 1. The second-order valence-electron chi connectivity index (χ2n) is 4.10. The van der Waals surface area contributed by atoms with Gasteiger partial charge in [0, 0.05) is 37.8 Å². The molecule has 1 aromatic heterocycles. The Balaban J connectivity index is 2.55. The number of aliphatic hydroxyl groups excluding tert-OH is 1. The van der Waals surface area contributed by atoms with E-state index in [-0.39, 0.29) is 18.1 Å². The van der Waals surface area contributed by atoms with E-state index < -0.39 is 9.84 Å². The van der Waals surface area contributed by atoms with Crippen molar-refractivity contribution in [3.8, 4) is 0 Å². The molecule has 1 N–H and O–H groups in total. The smallest absolute Gasteiger partial charge is 0.151 e. The second kappa shape index (κ2) is 7.45. The number of aliphatic hydroxyl groups is 1. The van der Waals surface area contributed by atoms with Crippen molar-refractivity contribution in [3.63, 3.8) is 0 Å². The summed E-state index contributed by atoms with van der Waals surface area (Å²) in [7, 11) is -2.96. The fourth-order valence-corrected chi connectivity index (χ4v) is 2.40. The molecule has 0 saturated carbocycles. The van der Waals surface area contributed by atoms with E-state index in [0.717, 1.165) is 5.56 Å². The van der Waals surface area contributed by atoms with E-state index in [4.69, 9.17) is 5.11 Å². The van der Waals surface area contributed by atoms with Crippen LogP contribution in [-0.4, -0.2) is 54.6 Å². The quantitative estimate of drug-likeness (QED) is 0.737. The minimum atomic E-state index is -2.96. The van der Waals surface area contributed by atoms with Crippen LogP contribution in [0.3, 0.4) is 0 Å². The summed E-state index contributed by atoms with van der Waals surface area (Å²) < 4.78 is 22.9. The molecule has 18 heavy (non-hydrogen) atoms. The van der Waals surface area contributed by atoms with Crippen molar-refractivity contribution in [3.05, 3.63) is 30.1 Å². The summed E-state index contributed by atoms with van der Waals surface area (Å²) in [6.45, 7) is 3.17. The fraction of sp³-hybridized carbons (Fsp3) is 0.583. The summed E-state index contributed by atoms with van der Waals surface area (Å²) in [6, 6.07) is 3.78. The first kappa shape index (κ1) is 15.1. The zero-order chi connectivity index (χ0) is 13.4. The largest absolute Gasteiger partial charge is 0.395 e. The lowest BCUT2D eigenvalue weighted by Crippen LogP contribution is -2.32. The van der Waals surface area contributed by atoms with Gasteiger partial charge in [0.25, 0.3) is 0 Å². The van der Waals surface area contributed by atoms with Crippen molar-refractivity contribution in [1.29, 1.82) is 0 Å². The minimum Gasteiger partial charge on any atom is -0.395 e. The lowest BCUT2D eigenvalue weighted by atomic mass is 10.2. The molecule has 1 rings (SSSR count). The van der Waals surface area contributed by atoms with Crippen LogP contribution in [0.4, 0.5) is 0 Å². The van der Waals surface area contributed by atoms with Gasteiger partial charge in [-0.05, 0) is 11.6 Å². The second-order valence-corrected chi connectivity index (χ2v) is 6.57. The molecule has 0 aliphatic heterocycles. The van der Waals surface area contributed by atoms with Gasteiger partial charge in [0.1, 0.15) is 0 Å². The third-order valence-electron chi connectivity index (χ3n) is 2.70. The summed E-state index contributed by atoms with van der Waals surface area (Å²) in [5.41, 5.74) is 1.01. The molecular formula is C12H20N2O3S. The Hall–Kier alpha value is -0.980. The van der Waals surface area contributed by atoms with Crippen LogP contribution in [0.15, 0.2) is 24.5 Å². The van der Waals surface area contributed by atoms with Crippen molar-refractivity contribution in [2.45, 2.75) is 13.5 Å². The fourth-order valence-electron chi connectivity index (χ4n) is 1.57. The maximum Gasteiger partial charge on any atom is 0.151 e. The SMILES string of the molecule is CCS(=O)(=O)CCN(CCO)Cc1cccnc1. The van der Waals surface area contributed by atoms with Gasteiger partial charge in [-0.15, -0.1) is 0 Å². The van der Waals surface area contributed by atoms with E-state index in [9.17, 15) is 8.42 Å². The van der Waals surface area contributed by atoms with Gasteiger partial charge in [0.05, 0.1) is 12.4 Å². The highest BCUT2D eigenvalue weighted by Gasteiger charge is 2.12. The van der Waals surface area contributed by atoms with Crippen LogP contribution in [-0.2, 0) is 16.4 Å². The molecule has 0 amide bonds. The van der Waals surface area contributed by atoms with Crippen LogP contribution in [0.2, 0.25) is 0 Å². The van der Waals surface area contributed by atoms with Crippen LogP contribution in [0, 0.1) is 0 Å². The molecule has 6 heteroatoms. The average molecular weight is 272 g/mol. The number of pyridine rings is 1. The molecule has 0 bridgehead atoms. The molecule has 0 aliphatic rings. The monoisotopic (exact) mass is 272 g/mol. The summed E-state index contributed by atoms with van der Waals surface area (Å²) in [4.78, 5) is 5.94. The summed E-state index contributed by atoms with van der Waals surface area (Å²) in [6.07, 6.45) is 3.44. The zero-order valence-corrected chi connectivity index (χ0v) is 11.4. The third kappa shape index (κ3) is 5.57. The summed E-state index contributed by atoms with van der Waals surface area (Å²) >= 11 is 0. The van der Waals surface area contributed by atoms with Crippen molar-refractivity contribution in [1.82, 2.24) is 9.88 Å². The maximum absolute atomic E-state index is 11.5. The Morgan fingerprint density at radius 3 is 2.72 bits per heavy atom. The molecule has 0 saturated heterocycles. The van der Waals surface area contributed by atoms with Crippen LogP contribution >= 0.6 is 0 Å². The predicted molar refractivity (Wildman–Crippen MR) is 70.9 cm³/mol. The highest BCUT2D eigenvalue weighted by molar-refractivity contribution is 7.91. The number of rotatable bonds is 8. The molecule has 0 aromatic carbocycles. The molecule has 0 atom stereocenters. The number of hydrogen-bond donors (Lipinski definition) is 1. The van der Waals surface area contributed by atoms with Gasteiger partial charge in [0.2, 0.25) is 0 Å². The van der Waals surface area contributed by atoms with Gasteiger partial charge < -0.3 is 5.11 Å². The summed E-state index contributed by atoms with van der Waals surface area (Å²) in [5.74, 6) is 0.288. The minimum absolute atomic E-state index is 0.0203. The number of sulfone groups is 1. The topological polar surface area (TPSA) is 70.5 Å². The normalized spacial score (nSPS) is 11.9. The molecule has 0 spiro atoms. The Labute approximate surface area is 108 Å². The van der Waals surface area contributed by atoms with Gasteiger partial charge in [-0.1, -0.05) is 13.0 Å². The van der Waals surface area contributed by atoms with E-state index in [1.807, 2.05) is 17.0 Å². The predicted octanol–water partition coefficient (Wildman–Crippen LogP) is 0.311. The van der Waals surface area contributed by atoms with E-state index in [1.54, 1.807) is 19.3 Å². The van der Waals surface area contributed by atoms with Crippen molar-refractivity contribution in [2.75, 3.05) is 31.2 Å². The molecule has 5 nitrogen and oxygen atoms in total. The Kier molecular flexibility index (Phi) is 6.24. The number of hydrogen-bond acceptors (Lipinski definition) is 5. The van der Waals surface area contributed by atoms with Crippen LogP contribution in [0.25, 0.3) is 0 Å². The average Bonchev–Trinajstić information content (AvgIpc) is 2.38. The van der Waals surface area contributed by atoms with Gasteiger partial charge in [-0.25, -0.2) is 8.42 Å². The Morgan fingerprint density at radius 1 is 1.39 bits per heavy atom. The Morgan fingerprint density at radius 2 is 2.17 bits per heavy atom. The first-order chi connectivity index (χ1) is 8.57. The first-order valence-corrected chi connectivity index (χ1v) is 7.82. The molecule has 0 aliphatic carbocycles. The zero-order valence-electron chi connectivity index (χ0n) is 10.6. The first-order valence-electron chi connectivity index (χ1n) is 6.00. The lowest BCUT2D eigenvalue weighted by molar-refractivity contribution is 0.197. The third-order valence-corrected chi connectivity index (χ3v) is 4.39. The Bertz CT molecular complexity index is 434. The molecule has 1 aromatic rings. The van der Waals surface area contributed by atoms with Gasteiger partial charge in [0.15, 0.2) is 9.84 Å². The van der Waals surface area contributed by atoms with E-state index >= 15 is 0 Å². The van der Waals surface area contributed by atoms with E-state index in [0.29, 0.717) is 19.6 Å². The van der Waals surface area contributed by atoms with E-state index in [1.165, 1.54) is 0 Å². The number of nitrogens with zero attached hydrogens (tertiary/aromatic N) is 2. The molecule has 0 unspecified atom stereocenters. The van der Waals surface area contributed by atoms with Gasteiger partial charge >= 0.3 is 0 Å².